The Morgan fingerprint density at radius 3 is 2.67 bits per heavy atom. The fourth-order valence-corrected chi connectivity index (χ4v) is 2.13. The van der Waals surface area contributed by atoms with Crippen LogP contribution in [0, 0.1) is 5.92 Å². The Morgan fingerprint density at radius 2 is 2.14 bits per heavy atom. The number of aldehydes is 1. The van der Waals surface area contributed by atoms with Crippen LogP contribution in [0.3, 0.4) is 0 Å². The third kappa shape index (κ3) is 4.18. The highest BCUT2D eigenvalue weighted by atomic mass is 19.4. The standard InChI is InChI=1S/C15H14F3NO2/c1-10-6-13(21-9-15(16,17)18)4-5-14(10)11-2-3-12(8-20)19-7-11/h2-5,7-8,10H,6,9H2,1H3. The van der Waals surface area contributed by atoms with Crippen LogP contribution in [0.5, 0.6) is 0 Å². The Morgan fingerprint density at radius 1 is 1.38 bits per heavy atom. The van der Waals surface area contributed by atoms with E-state index in [9.17, 15) is 18.0 Å². The number of halogens is 3. The molecule has 0 bridgehead atoms. The van der Waals surface area contributed by atoms with Gasteiger partial charge >= 0.3 is 6.18 Å². The quantitative estimate of drug-likeness (QED) is 0.794. The zero-order valence-corrected chi connectivity index (χ0v) is 11.4. The molecule has 0 amide bonds. The molecule has 21 heavy (non-hydrogen) atoms. The van der Waals surface area contributed by atoms with Gasteiger partial charge in [0.05, 0.1) is 5.76 Å². The monoisotopic (exact) mass is 297 g/mol. The second-order valence-corrected chi connectivity index (χ2v) is 4.85. The number of rotatable bonds is 4. The zero-order chi connectivity index (χ0) is 15.5. The van der Waals surface area contributed by atoms with Crippen molar-refractivity contribution in [3.63, 3.8) is 0 Å². The van der Waals surface area contributed by atoms with Gasteiger partial charge < -0.3 is 4.74 Å². The van der Waals surface area contributed by atoms with Crippen LogP contribution in [-0.2, 0) is 4.74 Å². The average Bonchev–Trinajstić information content (AvgIpc) is 2.45. The third-order valence-electron chi connectivity index (χ3n) is 3.15. The molecular formula is C15H14F3NO2. The maximum absolute atomic E-state index is 12.1. The highest BCUT2D eigenvalue weighted by molar-refractivity contribution is 5.74. The number of carbonyl (C=O) groups excluding carboxylic acids is 1. The lowest BCUT2D eigenvalue weighted by atomic mass is 9.88. The van der Waals surface area contributed by atoms with Gasteiger partial charge in [-0.25, -0.2) is 0 Å². The summed E-state index contributed by atoms with van der Waals surface area (Å²) in [5.74, 6) is 0.336. The van der Waals surface area contributed by atoms with E-state index in [-0.39, 0.29) is 5.92 Å². The lowest BCUT2D eigenvalue weighted by Gasteiger charge is -2.22. The molecule has 1 aliphatic rings. The van der Waals surface area contributed by atoms with Crippen molar-refractivity contribution in [3.05, 3.63) is 47.5 Å². The summed E-state index contributed by atoms with van der Waals surface area (Å²) in [5, 5.41) is 0. The van der Waals surface area contributed by atoms with Gasteiger partial charge in [-0.15, -0.1) is 0 Å². The zero-order valence-electron chi connectivity index (χ0n) is 11.4. The van der Waals surface area contributed by atoms with Gasteiger partial charge in [-0.1, -0.05) is 19.1 Å². The summed E-state index contributed by atoms with van der Waals surface area (Å²) in [5.41, 5.74) is 2.14. The summed E-state index contributed by atoms with van der Waals surface area (Å²) < 4.78 is 41.1. The highest BCUT2D eigenvalue weighted by Crippen LogP contribution is 2.33. The second kappa shape index (κ2) is 6.11. The van der Waals surface area contributed by atoms with Crippen LogP contribution in [0.15, 0.2) is 36.2 Å². The van der Waals surface area contributed by atoms with Crippen molar-refractivity contribution < 1.29 is 22.7 Å². The van der Waals surface area contributed by atoms with E-state index in [4.69, 9.17) is 4.74 Å². The summed E-state index contributed by atoms with van der Waals surface area (Å²) in [6.07, 6.45) is 1.60. The van der Waals surface area contributed by atoms with Crippen molar-refractivity contribution in [2.75, 3.05) is 6.61 Å². The van der Waals surface area contributed by atoms with E-state index in [0.29, 0.717) is 24.2 Å². The maximum Gasteiger partial charge on any atom is 0.422 e. The molecule has 1 aromatic heterocycles. The Balaban J connectivity index is 2.12. The van der Waals surface area contributed by atoms with Gasteiger partial charge in [0, 0.05) is 12.6 Å². The van der Waals surface area contributed by atoms with Crippen LogP contribution in [-0.4, -0.2) is 24.1 Å². The number of carbonyl (C=O) groups is 1. The van der Waals surface area contributed by atoms with Crippen LogP contribution < -0.4 is 0 Å². The molecule has 0 spiro atoms. The minimum absolute atomic E-state index is 0.0158. The van der Waals surface area contributed by atoms with Crippen molar-refractivity contribution in [2.45, 2.75) is 19.5 Å². The Labute approximate surface area is 120 Å². The molecule has 0 N–H and O–H groups in total. The fourth-order valence-electron chi connectivity index (χ4n) is 2.13. The van der Waals surface area contributed by atoms with Crippen molar-refractivity contribution in [1.82, 2.24) is 4.98 Å². The van der Waals surface area contributed by atoms with Gasteiger partial charge in [0.2, 0.25) is 0 Å². The van der Waals surface area contributed by atoms with E-state index in [0.717, 1.165) is 11.1 Å². The van der Waals surface area contributed by atoms with E-state index in [1.165, 1.54) is 0 Å². The predicted octanol–water partition coefficient (Wildman–Crippen LogP) is 3.78. The van der Waals surface area contributed by atoms with Crippen molar-refractivity contribution >= 4 is 11.9 Å². The molecule has 0 aromatic carbocycles. The maximum atomic E-state index is 12.1. The van der Waals surface area contributed by atoms with Gasteiger partial charge in [-0.3, -0.25) is 9.78 Å². The minimum Gasteiger partial charge on any atom is -0.488 e. The first-order valence-electron chi connectivity index (χ1n) is 6.41. The lowest BCUT2D eigenvalue weighted by molar-refractivity contribution is -0.165. The molecule has 0 saturated carbocycles. The second-order valence-electron chi connectivity index (χ2n) is 4.85. The van der Waals surface area contributed by atoms with Crippen molar-refractivity contribution in [1.29, 1.82) is 0 Å². The third-order valence-corrected chi connectivity index (χ3v) is 3.15. The number of alkyl halides is 3. The van der Waals surface area contributed by atoms with Crippen molar-refractivity contribution in [3.8, 4) is 0 Å². The fraction of sp³-hybridized carbons (Fsp3) is 0.333. The summed E-state index contributed by atoms with van der Waals surface area (Å²) >= 11 is 0. The number of nitrogens with zero attached hydrogens (tertiary/aromatic N) is 1. The predicted molar refractivity (Wildman–Crippen MR) is 71.5 cm³/mol. The molecule has 0 saturated heterocycles. The Hall–Kier alpha value is -2.11. The van der Waals surface area contributed by atoms with E-state index in [2.05, 4.69) is 4.98 Å². The molecule has 1 heterocycles. The summed E-state index contributed by atoms with van der Waals surface area (Å²) in [6, 6.07) is 3.38. The van der Waals surface area contributed by atoms with Gasteiger partial charge in [0.1, 0.15) is 5.69 Å². The Kier molecular flexibility index (Phi) is 4.45. The molecule has 1 atom stereocenters. The van der Waals surface area contributed by atoms with Crippen molar-refractivity contribution in [2.24, 2.45) is 5.92 Å². The van der Waals surface area contributed by atoms with E-state index in [1.54, 1.807) is 30.5 Å². The molecule has 1 unspecified atom stereocenters. The van der Waals surface area contributed by atoms with Gasteiger partial charge in [0.25, 0.3) is 0 Å². The molecule has 1 aliphatic carbocycles. The van der Waals surface area contributed by atoms with E-state index < -0.39 is 12.8 Å². The van der Waals surface area contributed by atoms with Gasteiger partial charge in [-0.2, -0.15) is 13.2 Å². The normalized spacial score (nSPS) is 18.8. The smallest absolute Gasteiger partial charge is 0.422 e. The number of pyridine rings is 1. The summed E-state index contributed by atoms with van der Waals surface area (Å²) in [7, 11) is 0. The van der Waals surface area contributed by atoms with E-state index >= 15 is 0 Å². The van der Waals surface area contributed by atoms with Crippen LogP contribution in [0.25, 0.3) is 5.57 Å². The Bertz CT molecular complexity index is 574. The molecule has 0 aliphatic heterocycles. The number of ether oxygens (including phenoxy) is 1. The van der Waals surface area contributed by atoms with Crippen LogP contribution >= 0.6 is 0 Å². The number of hydrogen-bond acceptors (Lipinski definition) is 3. The first-order valence-corrected chi connectivity index (χ1v) is 6.41. The molecule has 6 heteroatoms. The summed E-state index contributed by atoms with van der Waals surface area (Å²) in [6.45, 7) is 0.633. The summed E-state index contributed by atoms with van der Waals surface area (Å²) in [4.78, 5) is 14.5. The van der Waals surface area contributed by atoms with Crippen LogP contribution in [0.2, 0.25) is 0 Å². The lowest BCUT2D eigenvalue weighted by Crippen LogP contribution is -2.18. The van der Waals surface area contributed by atoms with Gasteiger partial charge in [-0.05, 0) is 29.2 Å². The van der Waals surface area contributed by atoms with Gasteiger partial charge in [0.15, 0.2) is 12.9 Å². The molecule has 0 radical (unpaired) electrons. The molecular weight excluding hydrogens is 283 g/mol. The highest BCUT2D eigenvalue weighted by Gasteiger charge is 2.29. The molecule has 112 valence electrons. The largest absolute Gasteiger partial charge is 0.488 e. The SMILES string of the molecule is CC1CC(OCC(F)(F)F)=CC=C1c1ccc(C=O)nc1. The van der Waals surface area contributed by atoms with Crippen LogP contribution in [0.1, 0.15) is 29.4 Å². The van der Waals surface area contributed by atoms with Crippen LogP contribution in [0.4, 0.5) is 13.2 Å². The van der Waals surface area contributed by atoms with E-state index in [1.807, 2.05) is 6.92 Å². The molecule has 2 rings (SSSR count). The molecule has 3 nitrogen and oxygen atoms in total. The number of allylic oxidation sites excluding steroid dienone is 4. The first-order chi connectivity index (χ1) is 9.89. The number of aromatic nitrogens is 1. The first kappa shape index (κ1) is 15.3. The molecule has 1 aromatic rings. The topological polar surface area (TPSA) is 39.2 Å². The minimum atomic E-state index is -4.33. The molecule has 0 fully saturated rings. The number of hydrogen-bond donors (Lipinski definition) is 0. The average molecular weight is 297 g/mol.